The number of thiophene rings is 1. The minimum absolute atomic E-state index is 0.402. The summed E-state index contributed by atoms with van der Waals surface area (Å²) < 4.78 is 1.20. The fraction of sp³-hybridized carbons (Fsp3) is 0.455. The van der Waals surface area contributed by atoms with Crippen LogP contribution in [0.3, 0.4) is 0 Å². The fourth-order valence-electron chi connectivity index (χ4n) is 1.43. The molecule has 0 aliphatic heterocycles. The normalized spacial score (nSPS) is 15.1. The molecule has 2 atom stereocenters. The molecule has 0 aromatic carbocycles. The maximum absolute atomic E-state index is 3.74. The monoisotopic (exact) mass is 273 g/mol. The molecule has 78 valence electrons. The van der Waals surface area contributed by atoms with E-state index in [1.807, 2.05) is 6.08 Å². The Kier molecular flexibility index (Phi) is 4.85. The van der Waals surface area contributed by atoms with Gasteiger partial charge in [-0.25, -0.2) is 0 Å². The van der Waals surface area contributed by atoms with Crippen LogP contribution < -0.4 is 5.32 Å². The average Bonchev–Trinajstić information content (AvgIpc) is 2.51. The van der Waals surface area contributed by atoms with Gasteiger partial charge in [0.05, 0.1) is 0 Å². The topological polar surface area (TPSA) is 12.0 Å². The third-order valence-electron chi connectivity index (χ3n) is 2.09. The van der Waals surface area contributed by atoms with E-state index >= 15 is 0 Å². The van der Waals surface area contributed by atoms with E-state index in [2.05, 4.69) is 53.1 Å². The van der Waals surface area contributed by atoms with Crippen molar-refractivity contribution >= 4 is 27.3 Å². The maximum Gasteiger partial charge on any atom is 0.0399 e. The summed E-state index contributed by atoms with van der Waals surface area (Å²) in [6.07, 6.45) is 2.96. The van der Waals surface area contributed by atoms with Gasteiger partial charge in [0, 0.05) is 21.4 Å². The predicted octanol–water partition coefficient (Wildman–Crippen LogP) is 4.13. The van der Waals surface area contributed by atoms with Crippen LogP contribution in [0.25, 0.3) is 0 Å². The van der Waals surface area contributed by atoms with E-state index in [0.29, 0.717) is 12.1 Å². The second-order valence-corrected chi connectivity index (χ2v) is 5.25. The van der Waals surface area contributed by atoms with E-state index < -0.39 is 0 Å². The van der Waals surface area contributed by atoms with Crippen molar-refractivity contribution in [2.45, 2.75) is 32.4 Å². The highest BCUT2D eigenvalue weighted by Gasteiger charge is 2.12. The van der Waals surface area contributed by atoms with Gasteiger partial charge in [-0.3, -0.25) is 0 Å². The summed E-state index contributed by atoms with van der Waals surface area (Å²) >= 11 is 5.33. The number of hydrogen-bond acceptors (Lipinski definition) is 2. The number of hydrogen-bond donors (Lipinski definition) is 1. The zero-order chi connectivity index (χ0) is 10.6. The first kappa shape index (κ1) is 12.0. The first-order chi connectivity index (χ1) is 6.65. The van der Waals surface area contributed by atoms with Gasteiger partial charge in [-0.2, -0.15) is 0 Å². The second-order valence-electron chi connectivity index (χ2n) is 3.45. The summed E-state index contributed by atoms with van der Waals surface area (Å²) in [7, 11) is 0. The average molecular weight is 274 g/mol. The highest BCUT2D eigenvalue weighted by atomic mass is 79.9. The molecule has 0 aliphatic carbocycles. The van der Waals surface area contributed by atoms with Crippen LogP contribution in [0.15, 0.2) is 28.6 Å². The minimum atomic E-state index is 0.402. The molecular formula is C11H16BrNS. The predicted molar refractivity (Wildman–Crippen MR) is 67.8 cm³/mol. The van der Waals surface area contributed by atoms with Gasteiger partial charge in [-0.15, -0.1) is 17.9 Å². The van der Waals surface area contributed by atoms with Crippen LogP contribution in [-0.4, -0.2) is 6.04 Å². The van der Waals surface area contributed by atoms with E-state index in [9.17, 15) is 0 Å². The van der Waals surface area contributed by atoms with Gasteiger partial charge in [0.2, 0.25) is 0 Å². The molecule has 1 heterocycles. The third kappa shape index (κ3) is 3.23. The maximum atomic E-state index is 3.74. The van der Waals surface area contributed by atoms with Gasteiger partial charge >= 0.3 is 0 Å². The molecule has 14 heavy (non-hydrogen) atoms. The van der Waals surface area contributed by atoms with Crippen LogP contribution in [0.4, 0.5) is 0 Å². The molecule has 0 saturated carbocycles. The Labute approximate surface area is 98.4 Å². The summed E-state index contributed by atoms with van der Waals surface area (Å²) in [6.45, 7) is 8.11. The van der Waals surface area contributed by atoms with E-state index in [1.165, 1.54) is 9.35 Å². The largest absolute Gasteiger partial charge is 0.307 e. The standard InChI is InChI=1S/C11H16BrNS/c1-4-5-8(2)13-9(3)11-10(12)6-7-14-11/h4,6-9,13H,1,5H2,2-3H3. The van der Waals surface area contributed by atoms with Gasteiger partial charge in [-0.1, -0.05) is 6.08 Å². The summed E-state index contributed by atoms with van der Waals surface area (Å²) in [4.78, 5) is 1.36. The summed E-state index contributed by atoms with van der Waals surface area (Å²) in [6, 6.07) is 2.98. The van der Waals surface area contributed by atoms with Crippen molar-refractivity contribution in [2.24, 2.45) is 0 Å². The molecular weight excluding hydrogens is 258 g/mol. The summed E-state index contributed by atoms with van der Waals surface area (Å²) in [5, 5.41) is 5.64. The Morgan fingerprint density at radius 3 is 2.86 bits per heavy atom. The van der Waals surface area contributed by atoms with E-state index in [1.54, 1.807) is 11.3 Å². The van der Waals surface area contributed by atoms with Gasteiger partial charge in [0.25, 0.3) is 0 Å². The smallest absolute Gasteiger partial charge is 0.0399 e. The second kappa shape index (κ2) is 5.69. The highest BCUT2D eigenvalue weighted by molar-refractivity contribution is 9.10. The lowest BCUT2D eigenvalue weighted by Gasteiger charge is -2.18. The van der Waals surface area contributed by atoms with E-state index in [0.717, 1.165) is 6.42 Å². The van der Waals surface area contributed by atoms with Crippen LogP contribution in [-0.2, 0) is 0 Å². The zero-order valence-electron chi connectivity index (χ0n) is 8.59. The lowest BCUT2D eigenvalue weighted by atomic mass is 10.2. The van der Waals surface area contributed by atoms with Crippen LogP contribution in [0.5, 0.6) is 0 Å². The van der Waals surface area contributed by atoms with Crippen molar-refractivity contribution in [1.29, 1.82) is 0 Å². The molecule has 2 unspecified atom stereocenters. The lowest BCUT2D eigenvalue weighted by molar-refractivity contribution is 0.486. The molecule has 0 saturated heterocycles. The molecule has 0 fully saturated rings. The number of nitrogens with one attached hydrogen (secondary N) is 1. The van der Waals surface area contributed by atoms with Crippen LogP contribution >= 0.6 is 27.3 Å². The molecule has 1 aromatic heterocycles. The highest BCUT2D eigenvalue weighted by Crippen LogP contribution is 2.29. The van der Waals surface area contributed by atoms with Crippen molar-refractivity contribution in [3.63, 3.8) is 0 Å². The molecule has 1 nitrogen and oxygen atoms in total. The van der Waals surface area contributed by atoms with Gasteiger partial charge in [-0.05, 0) is 47.6 Å². The Hall–Kier alpha value is -0.120. The SMILES string of the molecule is C=CCC(C)NC(C)c1sccc1Br. The Morgan fingerprint density at radius 2 is 2.36 bits per heavy atom. The Morgan fingerprint density at radius 1 is 1.64 bits per heavy atom. The fourth-order valence-corrected chi connectivity index (χ4v) is 3.17. The van der Waals surface area contributed by atoms with Gasteiger partial charge in [0.15, 0.2) is 0 Å². The van der Waals surface area contributed by atoms with Crippen LogP contribution in [0, 0.1) is 0 Å². The number of halogens is 1. The minimum Gasteiger partial charge on any atom is -0.307 e. The summed E-state index contributed by atoms with van der Waals surface area (Å²) in [5.41, 5.74) is 0. The molecule has 1 aromatic rings. The van der Waals surface area contributed by atoms with Crippen LogP contribution in [0.2, 0.25) is 0 Å². The summed E-state index contributed by atoms with van der Waals surface area (Å²) in [5.74, 6) is 0. The molecule has 0 amide bonds. The molecule has 1 rings (SSSR count). The quantitative estimate of drug-likeness (QED) is 0.796. The molecule has 3 heteroatoms. The van der Waals surface area contributed by atoms with Gasteiger partial charge < -0.3 is 5.32 Å². The molecule has 0 spiro atoms. The number of rotatable bonds is 5. The molecule has 0 bridgehead atoms. The first-order valence-corrected chi connectivity index (χ1v) is 6.42. The van der Waals surface area contributed by atoms with Crippen molar-refractivity contribution in [2.75, 3.05) is 0 Å². The third-order valence-corrected chi connectivity index (χ3v) is 4.15. The lowest BCUT2D eigenvalue weighted by Crippen LogP contribution is -2.28. The first-order valence-electron chi connectivity index (χ1n) is 4.75. The van der Waals surface area contributed by atoms with Crippen LogP contribution in [0.1, 0.15) is 31.2 Å². The molecule has 0 aliphatic rings. The zero-order valence-corrected chi connectivity index (χ0v) is 11.0. The van der Waals surface area contributed by atoms with Crippen molar-refractivity contribution in [3.8, 4) is 0 Å². The van der Waals surface area contributed by atoms with Crippen molar-refractivity contribution in [1.82, 2.24) is 5.32 Å². The molecule has 0 radical (unpaired) electrons. The Bertz CT molecular complexity index is 295. The van der Waals surface area contributed by atoms with Crippen molar-refractivity contribution < 1.29 is 0 Å². The van der Waals surface area contributed by atoms with Gasteiger partial charge in [0.1, 0.15) is 0 Å². The van der Waals surface area contributed by atoms with E-state index in [4.69, 9.17) is 0 Å². The van der Waals surface area contributed by atoms with E-state index in [-0.39, 0.29) is 0 Å². The molecule has 1 N–H and O–H groups in total. The van der Waals surface area contributed by atoms with Crippen molar-refractivity contribution in [3.05, 3.63) is 33.5 Å². The Balaban J connectivity index is 2.54.